The van der Waals surface area contributed by atoms with Crippen molar-refractivity contribution in [1.82, 2.24) is 0 Å². The molecule has 0 aliphatic carbocycles. The van der Waals surface area contributed by atoms with Gasteiger partial charge in [-0.25, -0.2) is 4.79 Å². The molecule has 0 radical (unpaired) electrons. The maximum atomic E-state index is 11.7. The van der Waals surface area contributed by atoms with Crippen LogP contribution in [0.1, 0.15) is 40.5 Å². The highest BCUT2D eigenvalue weighted by Gasteiger charge is 2.28. The Balaban J connectivity index is 4.37. The van der Waals surface area contributed by atoms with E-state index < -0.39 is 18.2 Å². The van der Waals surface area contributed by atoms with Crippen LogP contribution in [0.2, 0.25) is 0 Å². The van der Waals surface area contributed by atoms with Gasteiger partial charge in [-0.2, -0.15) is 0 Å². The fraction of sp³-hybridized carbons (Fsp3) is 0.833. The molecule has 0 saturated heterocycles. The first-order valence-corrected chi connectivity index (χ1v) is 6.06. The molecule has 100 valence electrons. The predicted octanol–water partition coefficient (Wildman–Crippen LogP) is 2.53. The van der Waals surface area contributed by atoms with Gasteiger partial charge in [0.25, 0.3) is 0 Å². The highest BCUT2D eigenvalue weighted by molar-refractivity contribution is 5.73. The third-order valence-corrected chi connectivity index (χ3v) is 2.30. The zero-order valence-corrected chi connectivity index (χ0v) is 11.0. The molecule has 0 fully saturated rings. The molecule has 0 unspecified atom stereocenters. The second kappa shape index (κ2) is 8.84. The highest BCUT2D eigenvalue weighted by atomic mass is 16.7. The van der Waals surface area contributed by atoms with Gasteiger partial charge >= 0.3 is 12.1 Å². The van der Waals surface area contributed by atoms with Crippen LogP contribution in [0.25, 0.3) is 0 Å². The van der Waals surface area contributed by atoms with Gasteiger partial charge in [-0.1, -0.05) is 13.3 Å². The van der Waals surface area contributed by atoms with Crippen molar-refractivity contribution in [2.75, 3.05) is 13.2 Å². The zero-order chi connectivity index (χ0) is 13.3. The summed E-state index contributed by atoms with van der Waals surface area (Å²) in [5.41, 5.74) is 0. The number of hydrogen-bond acceptors (Lipinski definition) is 5. The van der Waals surface area contributed by atoms with Crippen molar-refractivity contribution >= 4 is 12.1 Å². The van der Waals surface area contributed by atoms with Crippen molar-refractivity contribution in [1.29, 1.82) is 0 Å². The fourth-order valence-corrected chi connectivity index (χ4v) is 1.49. The van der Waals surface area contributed by atoms with Crippen LogP contribution in [0.5, 0.6) is 0 Å². The number of carbonyl (C=O) groups is 2. The summed E-state index contributed by atoms with van der Waals surface area (Å²) in [4.78, 5) is 22.8. The topological polar surface area (TPSA) is 61.8 Å². The van der Waals surface area contributed by atoms with Gasteiger partial charge in [-0.3, -0.25) is 4.79 Å². The van der Waals surface area contributed by atoms with Crippen LogP contribution in [0, 0.1) is 5.92 Å². The van der Waals surface area contributed by atoms with Gasteiger partial charge in [-0.15, -0.1) is 0 Å². The Morgan fingerprint density at radius 1 is 1.06 bits per heavy atom. The van der Waals surface area contributed by atoms with Gasteiger partial charge < -0.3 is 14.2 Å². The second-order valence-corrected chi connectivity index (χ2v) is 3.65. The van der Waals surface area contributed by atoms with Crippen LogP contribution in [0.4, 0.5) is 4.79 Å². The lowest BCUT2D eigenvalue weighted by Crippen LogP contribution is -2.32. The summed E-state index contributed by atoms with van der Waals surface area (Å²) in [7, 11) is 0. The Labute approximate surface area is 102 Å². The van der Waals surface area contributed by atoms with E-state index in [4.69, 9.17) is 9.47 Å². The molecule has 5 nitrogen and oxygen atoms in total. The summed E-state index contributed by atoms with van der Waals surface area (Å²) in [6, 6.07) is 0. The molecular formula is C12H22O5. The summed E-state index contributed by atoms with van der Waals surface area (Å²) in [6.07, 6.45) is 0.165. The number of esters is 1. The molecule has 0 aromatic carbocycles. The Bertz CT molecular complexity index is 239. The predicted molar refractivity (Wildman–Crippen MR) is 62.6 cm³/mol. The van der Waals surface area contributed by atoms with Crippen molar-refractivity contribution in [3.05, 3.63) is 0 Å². The quantitative estimate of drug-likeness (QED) is 0.646. The average Bonchev–Trinajstić information content (AvgIpc) is 2.26. The van der Waals surface area contributed by atoms with Crippen LogP contribution in [-0.2, 0) is 19.0 Å². The number of hydrogen-bond donors (Lipinski definition) is 0. The molecular weight excluding hydrogens is 224 g/mol. The zero-order valence-electron chi connectivity index (χ0n) is 11.0. The molecule has 0 aromatic rings. The minimum atomic E-state index is -0.745. The molecule has 0 N–H and O–H groups in total. The highest BCUT2D eigenvalue weighted by Crippen LogP contribution is 2.17. The van der Waals surface area contributed by atoms with Crippen molar-refractivity contribution in [2.45, 2.75) is 46.6 Å². The van der Waals surface area contributed by atoms with Crippen molar-refractivity contribution in [2.24, 2.45) is 5.92 Å². The molecule has 5 heteroatoms. The van der Waals surface area contributed by atoms with Crippen LogP contribution in [0.3, 0.4) is 0 Å². The Morgan fingerprint density at radius 3 is 2.12 bits per heavy atom. The molecule has 17 heavy (non-hydrogen) atoms. The van der Waals surface area contributed by atoms with E-state index >= 15 is 0 Å². The molecule has 0 aromatic heterocycles. The van der Waals surface area contributed by atoms with Gasteiger partial charge in [0, 0.05) is 0 Å². The van der Waals surface area contributed by atoms with Crippen molar-refractivity contribution in [3.63, 3.8) is 0 Å². The lowest BCUT2D eigenvalue weighted by molar-refractivity contribution is -0.152. The fourth-order valence-electron chi connectivity index (χ4n) is 1.49. The standard InChI is InChI=1S/C12H22O5/c1-5-8-10(11(13)15-6-2)9(4)17-12(14)16-7-3/h9-10H,5-8H2,1-4H3/t9-,10-/m1/s1. The third kappa shape index (κ3) is 6.14. The van der Waals surface area contributed by atoms with Crippen LogP contribution < -0.4 is 0 Å². The summed E-state index contributed by atoms with van der Waals surface area (Å²) < 4.78 is 14.6. The Kier molecular flexibility index (Phi) is 8.19. The molecule has 0 heterocycles. The molecule has 0 aliphatic heterocycles. The third-order valence-electron chi connectivity index (χ3n) is 2.30. The van der Waals surface area contributed by atoms with E-state index in [1.165, 1.54) is 0 Å². The van der Waals surface area contributed by atoms with E-state index in [2.05, 4.69) is 4.74 Å². The van der Waals surface area contributed by atoms with E-state index in [0.717, 1.165) is 6.42 Å². The summed E-state index contributed by atoms with van der Waals surface area (Å²) in [5.74, 6) is -0.754. The monoisotopic (exact) mass is 246 g/mol. The van der Waals surface area contributed by atoms with Gasteiger partial charge in [0.15, 0.2) is 0 Å². The van der Waals surface area contributed by atoms with Crippen LogP contribution >= 0.6 is 0 Å². The van der Waals surface area contributed by atoms with Gasteiger partial charge in [0.2, 0.25) is 0 Å². The number of carbonyl (C=O) groups excluding carboxylic acids is 2. The minimum Gasteiger partial charge on any atom is -0.466 e. The maximum absolute atomic E-state index is 11.7. The molecule has 0 saturated carbocycles. The molecule has 2 atom stereocenters. The average molecular weight is 246 g/mol. The molecule has 0 rings (SSSR count). The first kappa shape index (κ1) is 15.7. The lowest BCUT2D eigenvalue weighted by Gasteiger charge is -2.21. The van der Waals surface area contributed by atoms with Gasteiger partial charge in [0.05, 0.1) is 19.1 Å². The van der Waals surface area contributed by atoms with Crippen molar-refractivity contribution in [3.8, 4) is 0 Å². The summed E-state index contributed by atoms with van der Waals surface area (Å²) >= 11 is 0. The van der Waals surface area contributed by atoms with Crippen LogP contribution in [-0.4, -0.2) is 31.4 Å². The second-order valence-electron chi connectivity index (χ2n) is 3.65. The Hall–Kier alpha value is -1.26. The van der Waals surface area contributed by atoms with E-state index in [9.17, 15) is 9.59 Å². The van der Waals surface area contributed by atoms with Gasteiger partial charge in [-0.05, 0) is 27.2 Å². The SMILES string of the molecule is CCC[C@@H](C(=O)OCC)[C@@H](C)OC(=O)OCC. The van der Waals surface area contributed by atoms with E-state index in [0.29, 0.717) is 13.0 Å². The van der Waals surface area contributed by atoms with Crippen LogP contribution in [0.15, 0.2) is 0 Å². The first-order valence-electron chi connectivity index (χ1n) is 6.06. The van der Waals surface area contributed by atoms with Gasteiger partial charge in [0.1, 0.15) is 6.10 Å². The smallest absolute Gasteiger partial charge is 0.466 e. The molecule has 0 aliphatic rings. The first-order chi connectivity index (χ1) is 8.06. The number of rotatable bonds is 7. The number of ether oxygens (including phenoxy) is 3. The molecule has 0 spiro atoms. The minimum absolute atomic E-state index is 0.253. The summed E-state index contributed by atoms with van der Waals surface area (Å²) in [5, 5.41) is 0. The maximum Gasteiger partial charge on any atom is 0.508 e. The molecule has 0 bridgehead atoms. The van der Waals surface area contributed by atoms with E-state index in [-0.39, 0.29) is 12.6 Å². The molecule has 0 amide bonds. The summed E-state index contributed by atoms with van der Waals surface area (Å²) in [6.45, 7) is 7.66. The van der Waals surface area contributed by atoms with E-state index in [1.807, 2.05) is 6.92 Å². The van der Waals surface area contributed by atoms with Crippen molar-refractivity contribution < 1.29 is 23.8 Å². The van der Waals surface area contributed by atoms with E-state index in [1.54, 1.807) is 20.8 Å². The normalized spacial score (nSPS) is 13.6. The lowest BCUT2D eigenvalue weighted by atomic mass is 9.98. The largest absolute Gasteiger partial charge is 0.508 e. The Morgan fingerprint density at radius 2 is 1.65 bits per heavy atom.